The van der Waals surface area contributed by atoms with Gasteiger partial charge in [-0.2, -0.15) is 9.40 Å². The Morgan fingerprint density at radius 2 is 1.92 bits per heavy atom. The van der Waals surface area contributed by atoms with Crippen LogP contribution in [0.1, 0.15) is 31.0 Å². The summed E-state index contributed by atoms with van der Waals surface area (Å²) in [5, 5.41) is 4.29. The highest BCUT2D eigenvalue weighted by molar-refractivity contribution is 7.89. The molecule has 2 rings (SSSR count). The van der Waals surface area contributed by atoms with Gasteiger partial charge in [-0.1, -0.05) is 0 Å². The summed E-state index contributed by atoms with van der Waals surface area (Å²) < 4.78 is 33.9. The van der Waals surface area contributed by atoms with Crippen molar-refractivity contribution in [2.24, 2.45) is 0 Å². The van der Waals surface area contributed by atoms with Crippen molar-refractivity contribution >= 4 is 15.9 Å². The minimum absolute atomic E-state index is 0.0196. The van der Waals surface area contributed by atoms with Crippen molar-refractivity contribution in [1.82, 2.24) is 19.0 Å². The highest BCUT2D eigenvalue weighted by atomic mass is 32.2. The van der Waals surface area contributed by atoms with E-state index < -0.39 is 10.0 Å². The first kappa shape index (κ1) is 20.2. The van der Waals surface area contributed by atoms with E-state index in [1.807, 2.05) is 13.8 Å². The molecule has 0 aliphatic carbocycles. The Labute approximate surface area is 154 Å². The second-order valence-corrected chi connectivity index (χ2v) is 8.05. The number of aromatic nitrogens is 2. The lowest BCUT2D eigenvalue weighted by Crippen LogP contribution is -2.34. The van der Waals surface area contributed by atoms with E-state index in [4.69, 9.17) is 4.42 Å². The monoisotopic (exact) mass is 382 g/mol. The van der Waals surface area contributed by atoms with Gasteiger partial charge in [0.05, 0.1) is 24.2 Å². The Hall–Kier alpha value is -2.13. The normalized spacial score (nSPS) is 11.9. The van der Waals surface area contributed by atoms with Crippen molar-refractivity contribution in [2.45, 2.75) is 45.7 Å². The molecular formula is C17H26N4O4S. The Morgan fingerprint density at radius 1 is 1.27 bits per heavy atom. The summed E-state index contributed by atoms with van der Waals surface area (Å²) in [6.45, 7) is 8.47. The topological polar surface area (TPSA) is 88.7 Å². The van der Waals surface area contributed by atoms with Gasteiger partial charge in [-0.15, -0.1) is 0 Å². The average Bonchev–Trinajstić information content (AvgIpc) is 3.17. The molecule has 0 aromatic carbocycles. The van der Waals surface area contributed by atoms with Crippen LogP contribution in [0.4, 0.5) is 0 Å². The van der Waals surface area contributed by atoms with Crippen molar-refractivity contribution in [3.05, 3.63) is 35.5 Å². The van der Waals surface area contributed by atoms with Gasteiger partial charge < -0.3 is 9.32 Å². The number of carbonyl (C=O) groups excluding carboxylic acids is 1. The fourth-order valence-electron chi connectivity index (χ4n) is 2.88. The van der Waals surface area contributed by atoms with Crippen molar-refractivity contribution in [3.63, 3.8) is 0 Å². The van der Waals surface area contributed by atoms with Crippen molar-refractivity contribution in [2.75, 3.05) is 20.1 Å². The second kappa shape index (κ2) is 8.05. The predicted molar refractivity (Wildman–Crippen MR) is 97.0 cm³/mol. The van der Waals surface area contributed by atoms with Gasteiger partial charge in [0.15, 0.2) is 0 Å². The van der Waals surface area contributed by atoms with Crippen LogP contribution in [0, 0.1) is 13.8 Å². The number of sulfonamides is 1. The van der Waals surface area contributed by atoms with Crippen LogP contribution >= 0.6 is 0 Å². The van der Waals surface area contributed by atoms with E-state index in [0.29, 0.717) is 30.2 Å². The van der Waals surface area contributed by atoms with Crippen molar-refractivity contribution < 1.29 is 17.6 Å². The summed E-state index contributed by atoms with van der Waals surface area (Å²) in [5.74, 6) is 0.462. The molecule has 1 amide bonds. The van der Waals surface area contributed by atoms with Gasteiger partial charge in [0, 0.05) is 20.1 Å². The predicted octanol–water partition coefficient (Wildman–Crippen LogP) is 1.78. The van der Waals surface area contributed by atoms with Crippen LogP contribution < -0.4 is 0 Å². The van der Waals surface area contributed by atoms with E-state index in [9.17, 15) is 13.2 Å². The maximum Gasteiger partial charge on any atom is 0.246 e. The van der Waals surface area contributed by atoms with Gasteiger partial charge >= 0.3 is 0 Å². The van der Waals surface area contributed by atoms with Crippen LogP contribution in [0.2, 0.25) is 0 Å². The molecule has 0 spiro atoms. The molecule has 26 heavy (non-hydrogen) atoms. The van der Waals surface area contributed by atoms with Crippen LogP contribution in [-0.2, 0) is 27.9 Å². The van der Waals surface area contributed by atoms with Crippen LogP contribution in [-0.4, -0.2) is 53.4 Å². The quantitative estimate of drug-likeness (QED) is 0.694. The largest absolute Gasteiger partial charge is 0.468 e. The number of aryl methyl sites for hydroxylation is 1. The zero-order valence-electron chi connectivity index (χ0n) is 15.9. The van der Waals surface area contributed by atoms with Crippen LogP contribution in [0.3, 0.4) is 0 Å². The van der Waals surface area contributed by atoms with E-state index >= 15 is 0 Å². The molecule has 0 saturated heterocycles. The Morgan fingerprint density at radius 3 is 2.46 bits per heavy atom. The Kier molecular flexibility index (Phi) is 6.25. The smallest absolute Gasteiger partial charge is 0.246 e. The molecule has 2 heterocycles. The molecule has 0 radical (unpaired) electrons. The lowest BCUT2D eigenvalue weighted by atomic mass is 10.4. The fraction of sp³-hybridized carbons (Fsp3) is 0.529. The molecule has 9 heteroatoms. The number of amides is 1. The molecule has 2 aromatic heterocycles. The summed E-state index contributed by atoms with van der Waals surface area (Å²) >= 11 is 0. The lowest BCUT2D eigenvalue weighted by molar-refractivity contribution is -0.131. The first-order valence-corrected chi connectivity index (χ1v) is 9.96. The van der Waals surface area contributed by atoms with Crippen LogP contribution in [0.25, 0.3) is 0 Å². The van der Waals surface area contributed by atoms with E-state index in [1.165, 1.54) is 22.3 Å². The second-order valence-electron chi connectivity index (χ2n) is 6.06. The van der Waals surface area contributed by atoms with Gasteiger partial charge in [0.1, 0.15) is 17.2 Å². The summed E-state index contributed by atoms with van der Waals surface area (Å²) in [5.41, 5.74) is 0.829. The third-order valence-electron chi connectivity index (χ3n) is 4.34. The molecule has 0 bridgehead atoms. The van der Waals surface area contributed by atoms with E-state index in [-0.39, 0.29) is 23.9 Å². The van der Waals surface area contributed by atoms with Crippen LogP contribution in [0.15, 0.2) is 27.7 Å². The summed E-state index contributed by atoms with van der Waals surface area (Å²) in [6.07, 6.45) is 1.50. The Bertz CT molecular complexity index is 852. The number of carbonyl (C=O) groups is 1. The highest BCUT2D eigenvalue weighted by Gasteiger charge is 2.30. The molecule has 0 saturated carbocycles. The number of likely N-dealkylation sites (N-methyl/N-ethyl adjacent to an activating group) is 1. The zero-order chi connectivity index (χ0) is 19.5. The van der Waals surface area contributed by atoms with Gasteiger partial charge in [0.2, 0.25) is 15.9 Å². The molecule has 2 aromatic rings. The SMILES string of the molecule is CCN(CC)C(=O)Cn1nc(C)c(S(=O)(=O)N(C)Cc2ccco2)c1C. The third-order valence-corrected chi connectivity index (χ3v) is 6.40. The molecule has 0 atom stereocenters. The zero-order valence-corrected chi connectivity index (χ0v) is 16.7. The number of furan rings is 1. The minimum atomic E-state index is -3.76. The fourth-order valence-corrected chi connectivity index (χ4v) is 4.38. The molecule has 0 N–H and O–H groups in total. The van der Waals surface area contributed by atoms with Crippen LogP contribution in [0.5, 0.6) is 0 Å². The van der Waals surface area contributed by atoms with E-state index in [1.54, 1.807) is 30.9 Å². The van der Waals surface area contributed by atoms with Crippen molar-refractivity contribution in [3.8, 4) is 0 Å². The standard InChI is InChI=1S/C17H26N4O4S/c1-6-20(7-2)16(22)12-21-14(4)17(13(3)18-21)26(23,24)19(5)11-15-9-8-10-25-15/h8-10H,6-7,11-12H2,1-5H3. The van der Waals surface area contributed by atoms with Gasteiger partial charge in [-0.3, -0.25) is 9.48 Å². The molecule has 144 valence electrons. The number of hydrogen-bond acceptors (Lipinski definition) is 5. The van der Waals surface area contributed by atoms with E-state index in [0.717, 1.165) is 0 Å². The molecule has 0 fully saturated rings. The number of hydrogen-bond donors (Lipinski definition) is 0. The molecule has 0 aliphatic rings. The van der Waals surface area contributed by atoms with Gasteiger partial charge in [-0.05, 0) is 39.8 Å². The molecule has 0 aliphatic heterocycles. The maximum atomic E-state index is 13.0. The number of nitrogens with zero attached hydrogens (tertiary/aromatic N) is 4. The summed E-state index contributed by atoms with van der Waals surface area (Å²) in [4.78, 5) is 14.2. The number of rotatable bonds is 8. The molecular weight excluding hydrogens is 356 g/mol. The maximum absolute atomic E-state index is 13.0. The molecule has 8 nitrogen and oxygen atoms in total. The molecule has 0 unspecified atom stereocenters. The van der Waals surface area contributed by atoms with Crippen molar-refractivity contribution in [1.29, 1.82) is 0 Å². The third kappa shape index (κ3) is 3.99. The Balaban J connectivity index is 2.29. The summed E-state index contributed by atoms with van der Waals surface area (Å²) in [6, 6.07) is 3.43. The first-order valence-electron chi connectivity index (χ1n) is 8.52. The van der Waals surface area contributed by atoms with Gasteiger partial charge in [0.25, 0.3) is 0 Å². The summed E-state index contributed by atoms with van der Waals surface area (Å²) in [7, 11) is -2.26. The van der Waals surface area contributed by atoms with E-state index in [2.05, 4.69) is 5.10 Å². The first-order chi connectivity index (χ1) is 12.2. The van der Waals surface area contributed by atoms with Gasteiger partial charge in [-0.25, -0.2) is 8.42 Å². The highest BCUT2D eigenvalue weighted by Crippen LogP contribution is 2.24. The lowest BCUT2D eigenvalue weighted by Gasteiger charge is -2.19. The average molecular weight is 382 g/mol. The minimum Gasteiger partial charge on any atom is -0.468 e.